The van der Waals surface area contributed by atoms with Crippen molar-refractivity contribution in [1.29, 1.82) is 0 Å². The maximum absolute atomic E-state index is 6.16. The van der Waals surface area contributed by atoms with Crippen LogP contribution >= 0.6 is 0 Å². The van der Waals surface area contributed by atoms with Crippen LogP contribution in [0.1, 0.15) is 47.5 Å². The molecule has 5 unspecified atom stereocenters. The lowest BCUT2D eigenvalue weighted by molar-refractivity contribution is 0.0367. The normalized spacial score (nSPS) is 37.6. The van der Waals surface area contributed by atoms with E-state index in [0.29, 0.717) is 18.1 Å². The molecule has 5 atom stereocenters. The topological polar surface area (TPSA) is 29.3 Å². The molecule has 1 saturated heterocycles. The first kappa shape index (κ1) is 13.0. The van der Waals surface area contributed by atoms with E-state index in [-0.39, 0.29) is 0 Å². The molecule has 0 aromatic heterocycles. The molecule has 0 aliphatic carbocycles. The Balaban J connectivity index is 2.65. The van der Waals surface area contributed by atoms with Crippen LogP contribution in [0.25, 0.3) is 0 Å². The largest absolute Gasteiger partial charge is 0.326 e. The van der Waals surface area contributed by atoms with Gasteiger partial charge in [-0.25, -0.2) is 0 Å². The third kappa shape index (κ3) is 2.94. The molecule has 0 saturated carbocycles. The summed E-state index contributed by atoms with van der Waals surface area (Å²) in [6.07, 6.45) is 2.44. The Morgan fingerprint density at radius 1 is 1.33 bits per heavy atom. The Hall–Kier alpha value is -0.0800. The smallest absolute Gasteiger partial charge is 0.0221 e. The molecule has 2 heteroatoms. The highest BCUT2D eigenvalue weighted by Crippen LogP contribution is 2.29. The molecule has 1 rings (SSSR count). The van der Waals surface area contributed by atoms with Crippen molar-refractivity contribution in [3.8, 4) is 0 Å². The van der Waals surface area contributed by atoms with Gasteiger partial charge in [0.1, 0.15) is 0 Å². The maximum atomic E-state index is 6.16. The fraction of sp³-hybridized carbons (Fsp3) is 1.00. The van der Waals surface area contributed by atoms with Gasteiger partial charge < -0.3 is 5.73 Å². The number of piperidine rings is 1. The van der Waals surface area contributed by atoms with E-state index in [4.69, 9.17) is 5.73 Å². The van der Waals surface area contributed by atoms with Gasteiger partial charge in [-0.1, -0.05) is 20.8 Å². The highest BCUT2D eigenvalue weighted by Gasteiger charge is 2.33. The van der Waals surface area contributed by atoms with Gasteiger partial charge in [0.2, 0.25) is 0 Å². The number of hydrogen-bond acceptors (Lipinski definition) is 2. The zero-order chi connectivity index (χ0) is 11.6. The molecule has 0 aromatic rings. The van der Waals surface area contributed by atoms with E-state index in [9.17, 15) is 0 Å². The van der Waals surface area contributed by atoms with Gasteiger partial charge in [-0.05, 0) is 38.5 Å². The molecule has 0 aromatic carbocycles. The van der Waals surface area contributed by atoms with E-state index in [1.165, 1.54) is 13.0 Å². The Morgan fingerprint density at radius 2 is 1.93 bits per heavy atom. The van der Waals surface area contributed by atoms with Crippen LogP contribution in [0, 0.1) is 11.8 Å². The first-order chi connectivity index (χ1) is 6.97. The summed E-state index contributed by atoms with van der Waals surface area (Å²) in [4.78, 5) is 2.62. The van der Waals surface area contributed by atoms with Crippen molar-refractivity contribution >= 4 is 0 Å². The minimum Gasteiger partial charge on any atom is -0.326 e. The molecular formula is C13H28N2. The number of nitrogens with two attached hydrogens (primary N) is 1. The van der Waals surface area contributed by atoms with Gasteiger partial charge in [0.15, 0.2) is 0 Å². The number of likely N-dealkylation sites (tertiary alicyclic amines) is 1. The number of nitrogens with zero attached hydrogens (tertiary/aromatic N) is 1. The van der Waals surface area contributed by atoms with Crippen molar-refractivity contribution in [2.24, 2.45) is 17.6 Å². The summed E-state index contributed by atoms with van der Waals surface area (Å²) in [5.41, 5.74) is 6.16. The fourth-order valence-corrected chi connectivity index (χ4v) is 2.88. The summed E-state index contributed by atoms with van der Waals surface area (Å²) in [5.74, 6) is 1.63. The highest BCUT2D eigenvalue weighted by atomic mass is 15.2. The lowest BCUT2D eigenvalue weighted by atomic mass is 9.84. The van der Waals surface area contributed by atoms with E-state index in [2.05, 4.69) is 39.5 Å². The van der Waals surface area contributed by atoms with Crippen molar-refractivity contribution in [3.63, 3.8) is 0 Å². The Kier molecular flexibility index (Phi) is 4.60. The number of hydrogen-bond donors (Lipinski definition) is 1. The Bertz CT molecular complexity index is 193. The van der Waals surface area contributed by atoms with Crippen LogP contribution in [0.5, 0.6) is 0 Å². The molecule has 90 valence electrons. The Labute approximate surface area is 95.2 Å². The SMILES string of the molecule is CCC(N)C(C)N1CC(C)CC(C)C1C. The van der Waals surface area contributed by atoms with Crippen LogP contribution in [0.15, 0.2) is 0 Å². The van der Waals surface area contributed by atoms with E-state index in [1.54, 1.807) is 0 Å². The summed E-state index contributed by atoms with van der Waals surface area (Å²) in [6, 6.07) is 1.54. The van der Waals surface area contributed by atoms with Gasteiger partial charge in [-0.15, -0.1) is 0 Å². The van der Waals surface area contributed by atoms with Crippen LogP contribution in [-0.2, 0) is 0 Å². The standard InChI is InChI=1S/C13H28N2/c1-6-13(14)12(5)15-8-9(2)7-10(3)11(15)4/h9-13H,6-8,14H2,1-5H3. The molecule has 2 N–H and O–H groups in total. The van der Waals surface area contributed by atoms with Gasteiger partial charge >= 0.3 is 0 Å². The van der Waals surface area contributed by atoms with Crippen LogP contribution in [-0.4, -0.2) is 29.6 Å². The van der Waals surface area contributed by atoms with E-state index < -0.39 is 0 Å². The van der Waals surface area contributed by atoms with Crippen molar-refractivity contribution in [2.75, 3.05) is 6.54 Å². The van der Waals surface area contributed by atoms with Gasteiger partial charge in [-0.3, -0.25) is 4.90 Å². The van der Waals surface area contributed by atoms with Crippen molar-refractivity contribution in [3.05, 3.63) is 0 Å². The van der Waals surface area contributed by atoms with E-state index in [1.807, 2.05) is 0 Å². The molecule has 1 aliphatic heterocycles. The molecule has 1 aliphatic rings. The van der Waals surface area contributed by atoms with Crippen molar-refractivity contribution < 1.29 is 0 Å². The summed E-state index contributed by atoms with van der Waals surface area (Å²) in [7, 11) is 0. The highest BCUT2D eigenvalue weighted by molar-refractivity contribution is 4.88. The average Bonchev–Trinajstić information content (AvgIpc) is 2.21. The molecule has 15 heavy (non-hydrogen) atoms. The fourth-order valence-electron chi connectivity index (χ4n) is 2.88. The van der Waals surface area contributed by atoms with Crippen molar-refractivity contribution in [2.45, 2.75) is 65.6 Å². The first-order valence-corrected chi connectivity index (χ1v) is 6.48. The molecular weight excluding hydrogens is 184 g/mol. The molecule has 1 heterocycles. The summed E-state index contributed by atoms with van der Waals surface area (Å²) in [5, 5.41) is 0. The predicted octanol–water partition coefficient (Wildman–Crippen LogP) is 2.48. The second kappa shape index (κ2) is 5.31. The number of rotatable bonds is 3. The van der Waals surface area contributed by atoms with E-state index in [0.717, 1.165) is 18.3 Å². The van der Waals surface area contributed by atoms with Crippen LogP contribution in [0.3, 0.4) is 0 Å². The third-order valence-corrected chi connectivity index (χ3v) is 4.26. The second-order valence-electron chi connectivity index (χ2n) is 5.57. The van der Waals surface area contributed by atoms with Gasteiger partial charge in [0.05, 0.1) is 0 Å². The summed E-state index contributed by atoms with van der Waals surface area (Å²) in [6.45, 7) is 12.8. The Morgan fingerprint density at radius 3 is 2.47 bits per heavy atom. The van der Waals surface area contributed by atoms with Crippen LogP contribution in [0.2, 0.25) is 0 Å². The second-order valence-corrected chi connectivity index (χ2v) is 5.57. The average molecular weight is 212 g/mol. The van der Waals surface area contributed by atoms with E-state index >= 15 is 0 Å². The summed E-state index contributed by atoms with van der Waals surface area (Å²) >= 11 is 0. The minimum absolute atomic E-state index is 0.324. The molecule has 0 bridgehead atoms. The molecule has 0 spiro atoms. The molecule has 1 fully saturated rings. The molecule has 0 amide bonds. The van der Waals surface area contributed by atoms with Gasteiger partial charge in [0.25, 0.3) is 0 Å². The lowest BCUT2D eigenvalue weighted by Crippen LogP contribution is -2.55. The molecule has 0 radical (unpaired) electrons. The molecule has 2 nitrogen and oxygen atoms in total. The quantitative estimate of drug-likeness (QED) is 0.779. The summed E-state index contributed by atoms with van der Waals surface area (Å²) < 4.78 is 0. The van der Waals surface area contributed by atoms with Crippen LogP contribution < -0.4 is 5.73 Å². The third-order valence-electron chi connectivity index (χ3n) is 4.26. The lowest BCUT2D eigenvalue weighted by Gasteiger charge is -2.46. The minimum atomic E-state index is 0.324. The first-order valence-electron chi connectivity index (χ1n) is 6.48. The van der Waals surface area contributed by atoms with Gasteiger partial charge in [0, 0.05) is 24.7 Å². The zero-order valence-corrected chi connectivity index (χ0v) is 11.0. The van der Waals surface area contributed by atoms with Gasteiger partial charge in [-0.2, -0.15) is 0 Å². The monoisotopic (exact) mass is 212 g/mol. The van der Waals surface area contributed by atoms with Crippen LogP contribution in [0.4, 0.5) is 0 Å². The predicted molar refractivity (Wildman–Crippen MR) is 66.8 cm³/mol. The maximum Gasteiger partial charge on any atom is 0.0221 e. The van der Waals surface area contributed by atoms with Crippen molar-refractivity contribution in [1.82, 2.24) is 4.90 Å². The zero-order valence-electron chi connectivity index (χ0n) is 11.0.